The first-order chi connectivity index (χ1) is 13.0. The Morgan fingerprint density at radius 3 is 2.30 bits per heavy atom. The maximum absolute atomic E-state index is 13.0. The minimum atomic E-state index is -1.26. The lowest BCUT2D eigenvalue weighted by molar-refractivity contribution is -0.145. The van der Waals surface area contributed by atoms with Gasteiger partial charge in [0.2, 0.25) is 12.0 Å². The van der Waals surface area contributed by atoms with Crippen LogP contribution in [0.5, 0.6) is 5.75 Å². The first-order valence-corrected chi connectivity index (χ1v) is 9.00. The van der Waals surface area contributed by atoms with Crippen LogP contribution in [0.25, 0.3) is 0 Å². The van der Waals surface area contributed by atoms with E-state index in [1.165, 1.54) is 24.3 Å². The van der Waals surface area contributed by atoms with Crippen molar-refractivity contribution in [2.24, 2.45) is 0 Å². The molecule has 1 unspecified atom stereocenters. The molecule has 27 heavy (non-hydrogen) atoms. The second-order valence-corrected chi connectivity index (χ2v) is 6.76. The number of carbonyl (C=O) groups is 2. The molecule has 1 aliphatic carbocycles. The summed E-state index contributed by atoms with van der Waals surface area (Å²) >= 11 is 0. The number of nitrogens with one attached hydrogen (secondary N) is 1. The van der Waals surface area contributed by atoms with E-state index in [0.717, 1.165) is 31.2 Å². The van der Waals surface area contributed by atoms with Crippen LogP contribution in [0.15, 0.2) is 54.6 Å². The molecule has 0 heterocycles. The second kappa shape index (κ2) is 8.20. The summed E-state index contributed by atoms with van der Waals surface area (Å²) in [5.74, 6) is -1.58. The number of aliphatic carboxylic acids is 1. The normalized spacial score (nSPS) is 16.5. The molecule has 2 aromatic rings. The summed E-state index contributed by atoms with van der Waals surface area (Å²) in [6, 6.07) is 14.7. The molecule has 0 aromatic heterocycles. The van der Waals surface area contributed by atoms with Gasteiger partial charge in [0.1, 0.15) is 11.6 Å². The first-order valence-electron chi connectivity index (χ1n) is 9.00. The minimum Gasteiger partial charge on any atom is -0.478 e. The third kappa shape index (κ3) is 4.27. The van der Waals surface area contributed by atoms with Crippen molar-refractivity contribution in [2.45, 2.75) is 37.2 Å². The van der Waals surface area contributed by atoms with E-state index in [1.54, 1.807) is 0 Å². The molecule has 1 fully saturated rings. The van der Waals surface area contributed by atoms with E-state index in [4.69, 9.17) is 4.74 Å². The Balaban J connectivity index is 1.69. The number of benzene rings is 2. The van der Waals surface area contributed by atoms with Crippen molar-refractivity contribution in [3.8, 4) is 5.75 Å². The molecule has 2 aromatic carbocycles. The summed E-state index contributed by atoms with van der Waals surface area (Å²) in [4.78, 5) is 24.5. The fourth-order valence-electron chi connectivity index (χ4n) is 3.59. The number of ether oxygens (including phenoxy) is 1. The zero-order chi connectivity index (χ0) is 19.3. The summed E-state index contributed by atoms with van der Waals surface area (Å²) in [5.41, 5.74) is 0.325. The van der Waals surface area contributed by atoms with Gasteiger partial charge in [-0.3, -0.25) is 4.79 Å². The number of amides is 1. The summed E-state index contributed by atoms with van der Waals surface area (Å²) in [5, 5.41) is 12.2. The van der Waals surface area contributed by atoms with Gasteiger partial charge in [-0.1, -0.05) is 43.2 Å². The Bertz CT molecular complexity index is 786. The van der Waals surface area contributed by atoms with E-state index in [-0.39, 0.29) is 18.2 Å². The van der Waals surface area contributed by atoms with Crippen molar-refractivity contribution in [3.05, 3.63) is 66.0 Å². The van der Waals surface area contributed by atoms with Crippen molar-refractivity contribution in [3.63, 3.8) is 0 Å². The molecule has 0 radical (unpaired) electrons. The molecular weight excluding hydrogens is 349 g/mol. The van der Waals surface area contributed by atoms with Crippen LogP contribution in [-0.4, -0.2) is 29.6 Å². The summed E-state index contributed by atoms with van der Waals surface area (Å²) in [6.07, 6.45) is 2.13. The molecular formula is C21H22FNO4. The second-order valence-electron chi connectivity index (χ2n) is 6.76. The van der Waals surface area contributed by atoms with Gasteiger partial charge in [-0.05, 0) is 42.7 Å². The third-order valence-electron chi connectivity index (χ3n) is 5.03. The lowest BCUT2D eigenvalue weighted by Gasteiger charge is -2.29. The lowest BCUT2D eigenvalue weighted by atomic mass is 9.78. The molecule has 1 saturated carbocycles. The van der Waals surface area contributed by atoms with Gasteiger partial charge >= 0.3 is 5.97 Å². The predicted molar refractivity (Wildman–Crippen MR) is 98.0 cm³/mol. The summed E-state index contributed by atoms with van der Waals surface area (Å²) < 4.78 is 18.4. The van der Waals surface area contributed by atoms with E-state index >= 15 is 0 Å². The number of hydrogen-bond acceptors (Lipinski definition) is 3. The number of rotatable bonds is 7. The van der Waals surface area contributed by atoms with Gasteiger partial charge < -0.3 is 15.2 Å². The molecule has 1 amide bonds. The fourth-order valence-corrected chi connectivity index (χ4v) is 3.59. The maximum Gasteiger partial charge on any atom is 0.346 e. The van der Waals surface area contributed by atoms with E-state index in [2.05, 4.69) is 5.32 Å². The van der Waals surface area contributed by atoms with Crippen LogP contribution in [0.1, 0.15) is 31.2 Å². The van der Waals surface area contributed by atoms with Gasteiger partial charge in [-0.15, -0.1) is 0 Å². The van der Waals surface area contributed by atoms with E-state index in [9.17, 15) is 19.1 Å². The average Bonchev–Trinajstić information content (AvgIpc) is 3.18. The van der Waals surface area contributed by atoms with Gasteiger partial charge in [0.25, 0.3) is 0 Å². The molecule has 0 bridgehead atoms. The Labute approximate surface area is 157 Å². The Kier molecular flexibility index (Phi) is 5.74. The number of halogens is 1. The SMILES string of the molecule is O=C(O)C(CNC(=O)C1(c2ccccc2)CCCC1)Oc1ccc(F)cc1. The van der Waals surface area contributed by atoms with Crippen molar-refractivity contribution < 1.29 is 23.8 Å². The van der Waals surface area contributed by atoms with Crippen LogP contribution >= 0.6 is 0 Å². The maximum atomic E-state index is 13.0. The molecule has 0 aliphatic heterocycles. The zero-order valence-corrected chi connectivity index (χ0v) is 14.9. The zero-order valence-electron chi connectivity index (χ0n) is 14.9. The van der Waals surface area contributed by atoms with Crippen LogP contribution < -0.4 is 10.1 Å². The monoisotopic (exact) mass is 371 g/mol. The first kappa shape index (κ1) is 18.9. The van der Waals surface area contributed by atoms with Crippen LogP contribution in [0.3, 0.4) is 0 Å². The number of carbonyl (C=O) groups excluding carboxylic acids is 1. The van der Waals surface area contributed by atoms with Crippen molar-refractivity contribution in [1.29, 1.82) is 0 Å². The Morgan fingerprint density at radius 1 is 1.07 bits per heavy atom. The Morgan fingerprint density at radius 2 is 1.70 bits per heavy atom. The van der Waals surface area contributed by atoms with E-state index in [0.29, 0.717) is 0 Å². The topological polar surface area (TPSA) is 75.6 Å². The number of carboxylic acids is 1. The summed E-state index contributed by atoms with van der Waals surface area (Å²) in [7, 11) is 0. The van der Waals surface area contributed by atoms with E-state index in [1.807, 2.05) is 30.3 Å². The highest BCUT2D eigenvalue weighted by Crippen LogP contribution is 2.41. The lowest BCUT2D eigenvalue weighted by Crippen LogP contribution is -2.47. The third-order valence-corrected chi connectivity index (χ3v) is 5.03. The molecule has 3 rings (SSSR count). The highest BCUT2D eigenvalue weighted by Gasteiger charge is 2.42. The van der Waals surface area contributed by atoms with Crippen molar-refractivity contribution in [1.82, 2.24) is 5.32 Å². The van der Waals surface area contributed by atoms with Gasteiger partial charge in [-0.2, -0.15) is 0 Å². The van der Waals surface area contributed by atoms with Gasteiger partial charge in [0.05, 0.1) is 12.0 Å². The smallest absolute Gasteiger partial charge is 0.346 e. The molecule has 5 nitrogen and oxygen atoms in total. The van der Waals surface area contributed by atoms with Gasteiger partial charge in [-0.25, -0.2) is 9.18 Å². The van der Waals surface area contributed by atoms with Crippen LogP contribution in [0.2, 0.25) is 0 Å². The minimum absolute atomic E-state index is 0.167. The number of carboxylic acid groups (broad SMARTS) is 1. The molecule has 0 saturated heterocycles. The van der Waals surface area contributed by atoms with Crippen LogP contribution in [-0.2, 0) is 15.0 Å². The molecule has 6 heteroatoms. The quantitative estimate of drug-likeness (QED) is 0.783. The average molecular weight is 371 g/mol. The molecule has 1 aliphatic rings. The fraction of sp³-hybridized carbons (Fsp3) is 0.333. The molecule has 0 spiro atoms. The van der Waals surface area contributed by atoms with Crippen molar-refractivity contribution >= 4 is 11.9 Å². The van der Waals surface area contributed by atoms with Crippen molar-refractivity contribution in [2.75, 3.05) is 6.54 Å². The molecule has 142 valence electrons. The Hall–Kier alpha value is -2.89. The highest BCUT2D eigenvalue weighted by atomic mass is 19.1. The standard InChI is InChI=1S/C21H22FNO4/c22-16-8-10-17(11-9-16)27-18(19(24)25)14-23-20(26)21(12-4-5-13-21)15-6-2-1-3-7-15/h1-3,6-11,18H,4-5,12-14H2,(H,23,26)(H,24,25). The summed E-state index contributed by atoms with van der Waals surface area (Å²) in [6.45, 7) is -0.167. The molecule has 1 atom stereocenters. The van der Waals surface area contributed by atoms with Crippen LogP contribution in [0, 0.1) is 5.82 Å². The van der Waals surface area contributed by atoms with Gasteiger partial charge in [0.15, 0.2) is 0 Å². The molecule has 2 N–H and O–H groups in total. The van der Waals surface area contributed by atoms with E-state index < -0.39 is 23.3 Å². The largest absolute Gasteiger partial charge is 0.478 e. The number of hydrogen-bond donors (Lipinski definition) is 2. The highest BCUT2D eigenvalue weighted by molar-refractivity contribution is 5.89. The predicted octanol–water partition coefficient (Wildman–Crippen LogP) is 3.29. The van der Waals surface area contributed by atoms with Crippen LogP contribution in [0.4, 0.5) is 4.39 Å². The van der Waals surface area contributed by atoms with Gasteiger partial charge in [0, 0.05) is 0 Å².